The number of alkyl halides is 3. The van der Waals surface area contributed by atoms with Gasteiger partial charge in [-0.3, -0.25) is 4.79 Å². The van der Waals surface area contributed by atoms with Crippen LogP contribution in [0.4, 0.5) is 13.2 Å². The molecule has 0 heterocycles. The fraction of sp³-hybridized carbons (Fsp3) is 0.750. The van der Waals surface area contributed by atoms with Crippen LogP contribution in [0.15, 0.2) is 0 Å². The van der Waals surface area contributed by atoms with E-state index in [0.717, 1.165) is 6.92 Å². The highest BCUT2D eigenvalue weighted by atomic mass is 19.4. The molecule has 0 spiro atoms. The monoisotopic (exact) mass is 243 g/mol. The van der Waals surface area contributed by atoms with Gasteiger partial charge >= 0.3 is 18.1 Å². The van der Waals surface area contributed by atoms with Crippen LogP contribution in [-0.2, 0) is 9.59 Å². The highest BCUT2D eigenvalue weighted by molar-refractivity contribution is 5.87. The minimum atomic E-state index is -5.15. The van der Waals surface area contributed by atoms with Crippen molar-refractivity contribution in [3.63, 3.8) is 0 Å². The molecule has 0 bridgehead atoms. The standard InChI is InChI=1S/C8H12F3NO4/c1-3-12(7(16)8(9,10)11)5(4(2)13)6(14)15/h4-5,13H,3H2,1-2H3,(H,14,15)/t4-,5+/m1/s1. The van der Waals surface area contributed by atoms with Gasteiger partial charge < -0.3 is 15.1 Å². The molecule has 0 aromatic carbocycles. The molecule has 0 saturated heterocycles. The van der Waals surface area contributed by atoms with Crippen LogP contribution in [0.1, 0.15) is 13.8 Å². The maximum atomic E-state index is 12.1. The molecular formula is C8H12F3NO4. The molecule has 0 aliphatic rings. The lowest BCUT2D eigenvalue weighted by molar-refractivity contribution is -0.191. The maximum Gasteiger partial charge on any atom is 0.471 e. The van der Waals surface area contributed by atoms with E-state index >= 15 is 0 Å². The van der Waals surface area contributed by atoms with E-state index in [1.165, 1.54) is 6.92 Å². The fourth-order valence-corrected chi connectivity index (χ4v) is 1.23. The van der Waals surface area contributed by atoms with Crippen molar-refractivity contribution in [3.05, 3.63) is 0 Å². The molecule has 0 radical (unpaired) electrons. The van der Waals surface area contributed by atoms with Crippen molar-refractivity contribution in [2.75, 3.05) is 6.54 Å². The van der Waals surface area contributed by atoms with Crippen LogP contribution in [0.5, 0.6) is 0 Å². The second-order valence-corrected chi connectivity index (χ2v) is 3.11. The lowest BCUT2D eigenvalue weighted by atomic mass is 10.1. The van der Waals surface area contributed by atoms with Crippen LogP contribution in [-0.4, -0.2) is 51.9 Å². The highest BCUT2D eigenvalue weighted by Gasteiger charge is 2.46. The van der Waals surface area contributed by atoms with Gasteiger partial charge in [0.15, 0.2) is 6.04 Å². The molecule has 0 aliphatic heterocycles. The van der Waals surface area contributed by atoms with E-state index < -0.39 is 36.7 Å². The number of carbonyl (C=O) groups excluding carboxylic acids is 1. The maximum absolute atomic E-state index is 12.1. The van der Waals surface area contributed by atoms with Crippen molar-refractivity contribution in [3.8, 4) is 0 Å². The lowest BCUT2D eigenvalue weighted by Gasteiger charge is -2.30. The van der Waals surface area contributed by atoms with Crippen molar-refractivity contribution in [2.45, 2.75) is 32.2 Å². The third-order valence-corrected chi connectivity index (χ3v) is 1.89. The Morgan fingerprint density at radius 1 is 1.38 bits per heavy atom. The van der Waals surface area contributed by atoms with Crippen LogP contribution < -0.4 is 0 Å². The van der Waals surface area contributed by atoms with E-state index in [0.29, 0.717) is 0 Å². The first kappa shape index (κ1) is 14.7. The second kappa shape index (κ2) is 5.15. The van der Waals surface area contributed by atoms with Gasteiger partial charge in [-0.25, -0.2) is 4.79 Å². The Labute approximate surface area is 89.5 Å². The molecule has 0 unspecified atom stereocenters. The summed E-state index contributed by atoms with van der Waals surface area (Å²) < 4.78 is 36.3. The molecule has 1 amide bonds. The molecule has 5 nitrogen and oxygen atoms in total. The zero-order valence-electron chi connectivity index (χ0n) is 8.65. The number of carboxylic acids is 1. The van der Waals surface area contributed by atoms with Gasteiger partial charge in [0.05, 0.1) is 6.10 Å². The topological polar surface area (TPSA) is 77.8 Å². The molecule has 2 atom stereocenters. The number of likely N-dealkylation sites (N-methyl/N-ethyl adjacent to an activating group) is 1. The third-order valence-electron chi connectivity index (χ3n) is 1.89. The number of halogens is 3. The summed E-state index contributed by atoms with van der Waals surface area (Å²) in [5.74, 6) is -3.96. The Morgan fingerprint density at radius 3 is 2.00 bits per heavy atom. The van der Waals surface area contributed by atoms with Crippen molar-refractivity contribution >= 4 is 11.9 Å². The van der Waals surface area contributed by atoms with Crippen LogP contribution in [0.2, 0.25) is 0 Å². The van der Waals surface area contributed by atoms with Gasteiger partial charge in [-0.2, -0.15) is 13.2 Å². The SMILES string of the molecule is CCN(C(=O)C(F)(F)F)[C@H](C(=O)O)[C@@H](C)O. The van der Waals surface area contributed by atoms with Gasteiger partial charge in [-0.15, -0.1) is 0 Å². The normalized spacial score (nSPS) is 15.4. The zero-order valence-corrected chi connectivity index (χ0v) is 8.65. The van der Waals surface area contributed by atoms with Gasteiger partial charge in [0.1, 0.15) is 0 Å². The largest absolute Gasteiger partial charge is 0.480 e. The number of hydrogen-bond donors (Lipinski definition) is 2. The number of carboxylic acid groups (broad SMARTS) is 1. The van der Waals surface area contributed by atoms with E-state index in [2.05, 4.69) is 0 Å². The van der Waals surface area contributed by atoms with E-state index in [1.54, 1.807) is 0 Å². The van der Waals surface area contributed by atoms with Gasteiger partial charge in [0.25, 0.3) is 0 Å². The molecule has 94 valence electrons. The Kier molecular flexibility index (Phi) is 4.73. The summed E-state index contributed by atoms with van der Waals surface area (Å²) in [6, 6.07) is -1.90. The predicted octanol–water partition coefficient (Wildman–Crippen LogP) is 0.231. The van der Waals surface area contributed by atoms with Crippen LogP contribution in [0.3, 0.4) is 0 Å². The van der Waals surface area contributed by atoms with E-state index in [9.17, 15) is 22.8 Å². The van der Waals surface area contributed by atoms with E-state index in [-0.39, 0.29) is 4.90 Å². The minimum Gasteiger partial charge on any atom is -0.480 e. The summed E-state index contributed by atoms with van der Waals surface area (Å²) in [7, 11) is 0. The number of aliphatic carboxylic acids is 1. The van der Waals surface area contributed by atoms with Crippen molar-refractivity contribution < 1.29 is 33.0 Å². The van der Waals surface area contributed by atoms with Crippen molar-refractivity contribution in [1.82, 2.24) is 4.90 Å². The van der Waals surface area contributed by atoms with Crippen LogP contribution in [0, 0.1) is 0 Å². The fourth-order valence-electron chi connectivity index (χ4n) is 1.23. The predicted molar refractivity (Wildman–Crippen MR) is 46.5 cm³/mol. The quantitative estimate of drug-likeness (QED) is 0.741. The average Bonchev–Trinajstić information content (AvgIpc) is 2.09. The number of amides is 1. The molecule has 0 aromatic rings. The van der Waals surface area contributed by atoms with Gasteiger partial charge in [0, 0.05) is 6.54 Å². The molecule has 0 saturated carbocycles. The number of hydrogen-bond acceptors (Lipinski definition) is 3. The van der Waals surface area contributed by atoms with Gasteiger partial charge in [-0.1, -0.05) is 0 Å². The first-order chi connectivity index (χ1) is 7.12. The van der Waals surface area contributed by atoms with E-state index in [4.69, 9.17) is 10.2 Å². The zero-order chi connectivity index (χ0) is 13.1. The van der Waals surface area contributed by atoms with Crippen LogP contribution in [0.25, 0.3) is 0 Å². The molecule has 0 fully saturated rings. The third kappa shape index (κ3) is 3.37. The number of carbonyl (C=O) groups is 2. The number of nitrogens with zero attached hydrogens (tertiary/aromatic N) is 1. The summed E-state index contributed by atoms with van der Waals surface area (Å²) in [4.78, 5) is 21.6. The minimum absolute atomic E-state index is 0.0764. The average molecular weight is 243 g/mol. The molecular weight excluding hydrogens is 231 g/mol. The van der Waals surface area contributed by atoms with Gasteiger partial charge in [-0.05, 0) is 13.8 Å². The lowest BCUT2D eigenvalue weighted by Crippen LogP contribution is -2.54. The molecule has 2 N–H and O–H groups in total. The molecule has 0 rings (SSSR count). The number of aliphatic hydroxyl groups excluding tert-OH is 1. The van der Waals surface area contributed by atoms with Crippen molar-refractivity contribution in [2.24, 2.45) is 0 Å². The summed E-state index contributed by atoms with van der Waals surface area (Å²) in [5.41, 5.74) is 0. The molecule has 0 aromatic heterocycles. The first-order valence-corrected chi connectivity index (χ1v) is 4.41. The Hall–Kier alpha value is -1.31. The highest BCUT2D eigenvalue weighted by Crippen LogP contribution is 2.21. The van der Waals surface area contributed by atoms with Crippen LogP contribution >= 0.6 is 0 Å². The summed E-state index contributed by atoms with van der Waals surface area (Å²) in [5, 5.41) is 17.7. The molecule has 16 heavy (non-hydrogen) atoms. The Morgan fingerprint density at radius 2 is 1.81 bits per heavy atom. The number of aliphatic hydroxyl groups is 1. The summed E-state index contributed by atoms with van der Waals surface area (Å²) in [6.07, 6.45) is -6.75. The second-order valence-electron chi connectivity index (χ2n) is 3.11. The van der Waals surface area contributed by atoms with Gasteiger partial charge in [0.2, 0.25) is 0 Å². The smallest absolute Gasteiger partial charge is 0.471 e. The Bertz CT molecular complexity index is 277. The molecule has 8 heteroatoms. The first-order valence-electron chi connectivity index (χ1n) is 4.41. The Balaban J connectivity index is 5.10. The van der Waals surface area contributed by atoms with Crippen molar-refractivity contribution in [1.29, 1.82) is 0 Å². The number of rotatable bonds is 4. The summed E-state index contributed by atoms with van der Waals surface area (Å²) in [6.45, 7) is 1.74. The molecule has 0 aliphatic carbocycles. The van der Waals surface area contributed by atoms with E-state index in [1.807, 2.05) is 0 Å². The summed E-state index contributed by atoms with van der Waals surface area (Å²) >= 11 is 0.